The van der Waals surface area contributed by atoms with Crippen LogP contribution in [0.5, 0.6) is 0 Å². The molecule has 9 heteroatoms. The Hall–Kier alpha value is -1.61. The molecule has 1 atom stereocenters. The molecule has 0 spiro atoms. The number of amides is 1. The van der Waals surface area contributed by atoms with Crippen molar-refractivity contribution >= 4 is 21.7 Å². The number of sulfonamides is 1. The summed E-state index contributed by atoms with van der Waals surface area (Å²) in [5.74, 6) is 0.515. The van der Waals surface area contributed by atoms with Crippen molar-refractivity contribution < 1.29 is 22.5 Å². The number of aromatic nitrogens is 1. The zero-order valence-electron chi connectivity index (χ0n) is 12.0. The van der Waals surface area contributed by atoms with Gasteiger partial charge in [-0.25, -0.2) is 12.7 Å². The highest BCUT2D eigenvalue weighted by atomic mass is 32.2. The van der Waals surface area contributed by atoms with E-state index in [0.29, 0.717) is 18.8 Å². The van der Waals surface area contributed by atoms with Gasteiger partial charge in [-0.1, -0.05) is 5.16 Å². The van der Waals surface area contributed by atoms with Crippen LogP contribution in [0.25, 0.3) is 0 Å². The van der Waals surface area contributed by atoms with Gasteiger partial charge < -0.3 is 14.6 Å². The van der Waals surface area contributed by atoms with E-state index in [1.54, 1.807) is 6.92 Å². The van der Waals surface area contributed by atoms with E-state index >= 15 is 0 Å². The molecule has 2 heterocycles. The van der Waals surface area contributed by atoms with Crippen LogP contribution in [0.4, 0.5) is 5.82 Å². The molecule has 118 valence electrons. The van der Waals surface area contributed by atoms with E-state index in [9.17, 15) is 13.2 Å². The molecule has 1 fully saturated rings. The summed E-state index contributed by atoms with van der Waals surface area (Å²) in [4.78, 5) is 11.8. The fourth-order valence-corrected chi connectivity index (χ4v) is 2.95. The van der Waals surface area contributed by atoms with E-state index in [1.807, 2.05) is 0 Å². The van der Waals surface area contributed by atoms with E-state index in [4.69, 9.17) is 9.26 Å². The topological polar surface area (TPSA) is 102 Å². The predicted molar refractivity (Wildman–Crippen MR) is 75.4 cm³/mol. The zero-order chi connectivity index (χ0) is 15.5. The molecule has 1 saturated heterocycles. The first-order valence-electron chi connectivity index (χ1n) is 6.68. The van der Waals surface area contributed by atoms with Gasteiger partial charge in [0.05, 0.1) is 12.8 Å². The largest absolute Gasteiger partial charge is 0.368 e. The Kier molecular flexibility index (Phi) is 4.84. The van der Waals surface area contributed by atoms with Crippen molar-refractivity contribution in [2.45, 2.75) is 25.9 Å². The SMILES string of the molecule is Cc1cc(N(CCNC(=O)C2CCCO2)S(C)(=O)=O)no1. The first-order valence-corrected chi connectivity index (χ1v) is 8.53. The number of hydrogen-bond acceptors (Lipinski definition) is 6. The van der Waals surface area contributed by atoms with Crippen LogP contribution in [0.15, 0.2) is 10.6 Å². The highest BCUT2D eigenvalue weighted by Crippen LogP contribution is 2.16. The van der Waals surface area contributed by atoms with Gasteiger partial charge in [0.1, 0.15) is 11.9 Å². The molecule has 1 unspecified atom stereocenters. The van der Waals surface area contributed by atoms with Crippen LogP contribution in [0, 0.1) is 6.92 Å². The molecule has 1 aliphatic heterocycles. The first kappa shape index (κ1) is 15.8. The minimum absolute atomic E-state index is 0.0866. The smallest absolute Gasteiger partial charge is 0.249 e. The van der Waals surface area contributed by atoms with Crippen molar-refractivity contribution in [3.8, 4) is 0 Å². The van der Waals surface area contributed by atoms with E-state index < -0.39 is 16.1 Å². The quantitative estimate of drug-likeness (QED) is 0.795. The minimum Gasteiger partial charge on any atom is -0.368 e. The summed E-state index contributed by atoms with van der Waals surface area (Å²) >= 11 is 0. The van der Waals surface area contributed by atoms with Gasteiger partial charge in [0, 0.05) is 19.2 Å². The highest BCUT2D eigenvalue weighted by Gasteiger charge is 2.24. The number of nitrogens with zero attached hydrogens (tertiary/aromatic N) is 2. The Bertz CT molecular complexity index is 592. The summed E-state index contributed by atoms with van der Waals surface area (Å²) in [5.41, 5.74) is 0. The van der Waals surface area contributed by atoms with E-state index in [-0.39, 0.29) is 24.8 Å². The Morgan fingerprint density at radius 2 is 2.33 bits per heavy atom. The maximum absolute atomic E-state index is 11.8. The molecule has 2 rings (SSSR count). The fourth-order valence-electron chi connectivity index (χ4n) is 2.10. The normalized spacial score (nSPS) is 18.7. The molecular formula is C12H19N3O5S. The third-order valence-electron chi connectivity index (χ3n) is 3.11. The van der Waals surface area contributed by atoms with Crippen LogP contribution < -0.4 is 9.62 Å². The van der Waals surface area contributed by atoms with Crippen LogP contribution >= 0.6 is 0 Å². The summed E-state index contributed by atoms with van der Waals surface area (Å²) < 4.78 is 34.8. The summed E-state index contributed by atoms with van der Waals surface area (Å²) in [6, 6.07) is 1.53. The third kappa shape index (κ3) is 4.18. The molecule has 0 radical (unpaired) electrons. The highest BCUT2D eigenvalue weighted by molar-refractivity contribution is 7.92. The lowest BCUT2D eigenvalue weighted by molar-refractivity contribution is -0.129. The van der Waals surface area contributed by atoms with Gasteiger partial charge in [-0.15, -0.1) is 0 Å². The zero-order valence-corrected chi connectivity index (χ0v) is 12.9. The van der Waals surface area contributed by atoms with Gasteiger partial charge in [0.25, 0.3) is 0 Å². The van der Waals surface area contributed by atoms with Crippen LogP contribution in [0.3, 0.4) is 0 Å². The molecule has 1 aromatic heterocycles. The van der Waals surface area contributed by atoms with Crippen molar-refractivity contribution in [2.75, 3.05) is 30.3 Å². The van der Waals surface area contributed by atoms with Crippen molar-refractivity contribution in [3.05, 3.63) is 11.8 Å². The number of carbonyl (C=O) groups excluding carboxylic acids is 1. The second kappa shape index (κ2) is 6.44. The Morgan fingerprint density at radius 3 is 2.86 bits per heavy atom. The number of carbonyl (C=O) groups is 1. The molecule has 0 bridgehead atoms. The van der Waals surface area contributed by atoms with Gasteiger partial charge in [0.15, 0.2) is 5.82 Å². The molecule has 0 aromatic carbocycles. The van der Waals surface area contributed by atoms with Crippen molar-refractivity contribution in [3.63, 3.8) is 0 Å². The van der Waals surface area contributed by atoms with Crippen molar-refractivity contribution in [1.82, 2.24) is 10.5 Å². The lowest BCUT2D eigenvalue weighted by Crippen LogP contribution is -2.41. The van der Waals surface area contributed by atoms with Gasteiger partial charge in [0.2, 0.25) is 15.9 Å². The molecule has 0 saturated carbocycles. The number of ether oxygens (including phenoxy) is 1. The number of hydrogen-bond donors (Lipinski definition) is 1. The van der Waals surface area contributed by atoms with E-state index in [1.165, 1.54) is 6.07 Å². The molecule has 1 aliphatic rings. The Labute approximate surface area is 123 Å². The summed E-state index contributed by atoms with van der Waals surface area (Å²) in [5, 5.41) is 6.37. The molecule has 21 heavy (non-hydrogen) atoms. The molecule has 8 nitrogen and oxygen atoms in total. The lowest BCUT2D eigenvalue weighted by atomic mass is 10.2. The van der Waals surface area contributed by atoms with Crippen LogP contribution in [-0.4, -0.2) is 51.5 Å². The Morgan fingerprint density at radius 1 is 1.57 bits per heavy atom. The minimum atomic E-state index is -3.49. The molecule has 1 N–H and O–H groups in total. The van der Waals surface area contributed by atoms with Gasteiger partial charge in [-0.3, -0.25) is 4.79 Å². The maximum Gasteiger partial charge on any atom is 0.249 e. The number of nitrogens with one attached hydrogen (secondary N) is 1. The summed E-state index contributed by atoms with van der Waals surface area (Å²) in [6.07, 6.45) is 2.22. The molecular weight excluding hydrogens is 298 g/mol. The van der Waals surface area contributed by atoms with E-state index in [0.717, 1.165) is 17.0 Å². The maximum atomic E-state index is 11.8. The van der Waals surface area contributed by atoms with Crippen LogP contribution in [-0.2, 0) is 19.6 Å². The number of anilines is 1. The molecule has 1 aromatic rings. The monoisotopic (exact) mass is 317 g/mol. The predicted octanol–water partition coefficient (Wildman–Crippen LogP) is 0.0442. The van der Waals surface area contributed by atoms with Crippen LogP contribution in [0.2, 0.25) is 0 Å². The molecule has 0 aliphatic carbocycles. The average Bonchev–Trinajstić information content (AvgIpc) is 3.04. The summed E-state index contributed by atoms with van der Waals surface area (Å²) in [7, 11) is -3.49. The first-order chi connectivity index (χ1) is 9.88. The second-order valence-corrected chi connectivity index (χ2v) is 6.83. The van der Waals surface area contributed by atoms with Gasteiger partial charge in [-0.2, -0.15) is 0 Å². The second-order valence-electron chi connectivity index (χ2n) is 4.92. The lowest BCUT2D eigenvalue weighted by Gasteiger charge is -2.19. The van der Waals surface area contributed by atoms with Crippen LogP contribution in [0.1, 0.15) is 18.6 Å². The summed E-state index contributed by atoms with van der Waals surface area (Å²) in [6.45, 7) is 2.53. The fraction of sp³-hybridized carbons (Fsp3) is 0.667. The average molecular weight is 317 g/mol. The molecule has 1 amide bonds. The van der Waals surface area contributed by atoms with Crippen molar-refractivity contribution in [1.29, 1.82) is 0 Å². The van der Waals surface area contributed by atoms with Gasteiger partial charge >= 0.3 is 0 Å². The third-order valence-corrected chi connectivity index (χ3v) is 4.28. The standard InChI is InChI=1S/C12H19N3O5S/c1-9-8-11(14-20-9)15(21(2,17)18)6-5-13-12(16)10-4-3-7-19-10/h8,10H,3-7H2,1-2H3,(H,13,16). The van der Waals surface area contributed by atoms with Crippen molar-refractivity contribution in [2.24, 2.45) is 0 Å². The number of rotatable bonds is 6. The number of aryl methyl sites for hydroxylation is 1. The van der Waals surface area contributed by atoms with Gasteiger partial charge in [-0.05, 0) is 19.8 Å². The Balaban J connectivity index is 1.92. The van der Waals surface area contributed by atoms with E-state index in [2.05, 4.69) is 10.5 Å².